The highest BCUT2D eigenvalue weighted by atomic mass is 35.5. The fourth-order valence-electron chi connectivity index (χ4n) is 1.30. The third-order valence-electron chi connectivity index (χ3n) is 1.97. The lowest BCUT2D eigenvalue weighted by atomic mass is 10.1. The second-order valence-electron chi connectivity index (χ2n) is 2.82. The molecule has 1 rings (SSSR count). The number of amides is 1. The Balaban J connectivity index is 2.30. The van der Waals surface area contributed by atoms with Crippen LogP contribution >= 0.6 is 11.6 Å². The Hall–Kier alpha value is -0.970. The van der Waals surface area contributed by atoms with Crippen LogP contribution in [0.2, 0.25) is 0 Å². The van der Waals surface area contributed by atoms with Gasteiger partial charge >= 0.3 is 11.5 Å². The molecule has 1 fully saturated rings. The van der Waals surface area contributed by atoms with Crippen molar-refractivity contribution in [2.24, 2.45) is 0 Å². The normalized spacial score (nSPS) is 18.4. The molecule has 0 atom stereocenters. The lowest BCUT2D eigenvalue weighted by molar-refractivity contribution is 0.0639. The fraction of sp³-hybridized carbons (Fsp3) is 0.714. The number of nitrogens with zero attached hydrogens (tertiary/aromatic N) is 1. The lowest BCUT2D eigenvalue weighted by Gasteiger charge is -2.28. The van der Waals surface area contributed by atoms with Gasteiger partial charge in [-0.1, -0.05) is 0 Å². The van der Waals surface area contributed by atoms with E-state index in [0.29, 0.717) is 25.9 Å². The molecule has 13 heavy (non-hydrogen) atoms. The zero-order chi connectivity index (χ0) is 9.84. The first-order valence-corrected chi connectivity index (χ1v) is 4.31. The summed E-state index contributed by atoms with van der Waals surface area (Å²) >= 11 is 5.02. The topological polar surface area (TPSA) is 66.8 Å². The van der Waals surface area contributed by atoms with Crippen molar-refractivity contribution in [3.63, 3.8) is 0 Å². The first-order chi connectivity index (χ1) is 6.09. The molecular formula is C7H10ClNO4. The Kier molecular flexibility index (Phi) is 3.36. The minimum absolute atomic E-state index is 0.236. The number of carboxylic acid groups (broad SMARTS) is 1. The lowest BCUT2D eigenvalue weighted by Crippen LogP contribution is -2.40. The van der Waals surface area contributed by atoms with Gasteiger partial charge in [-0.3, -0.25) is 0 Å². The molecule has 0 radical (unpaired) electrons. The third-order valence-corrected chi connectivity index (χ3v) is 2.06. The highest BCUT2D eigenvalue weighted by molar-refractivity contribution is 6.61. The van der Waals surface area contributed by atoms with E-state index in [-0.39, 0.29) is 6.10 Å². The summed E-state index contributed by atoms with van der Waals surface area (Å²) in [6, 6.07) is 0. The van der Waals surface area contributed by atoms with Gasteiger partial charge in [-0.15, -0.1) is 0 Å². The van der Waals surface area contributed by atoms with E-state index in [0.717, 1.165) is 0 Å². The smallest absolute Gasteiger partial charge is 0.407 e. The van der Waals surface area contributed by atoms with Gasteiger partial charge in [-0.05, 0) is 0 Å². The monoisotopic (exact) mass is 207 g/mol. The minimum atomic E-state index is -0.935. The molecule has 74 valence electrons. The predicted molar refractivity (Wildman–Crippen MR) is 45.0 cm³/mol. The number of hydrogen-bond donors (Lipinski definition) is 1. The molecule has 1 aliphatic rings. The summed E-state index contributed by atoms with van der Waals surface area (Å²) < 4.78 is 4.73. The number of carbonyl (C=O) groups excluding carboxylic acids is 1. The number of piperidine rings is 1. The molecule has 1 aliphatic heterocycles. The van der Waals surface area contributed by atoms with E-state index < -0.39 is 11.5 Å². The molecule has 0 unspecified atom stereocenters. The van der Waals surface area contributed by atoms with Crippen LogP contribution in [0.3, 0.4) is 0 Å². The summed E-state index contributed by atoms with van der Waals surface area (Å²) in [6.07, 6.45) is -0.133. The van der Waals surface area contributed by atoms with Crippen molar-refractivity contribution in [1.82, 2.24) is 4.90 Å². The maximum atomic E-state index is 10.5. The molecule has 1 heterocycles. The van der Waals surface area contributed by atoms with Gasteiger partial charge in [0, 0.05) is 37.5 Å². The zero-order valence-electron chi connectivity index (χ0n) is 6.90. The van der Waals surface area contributed by atoms with Gasteiger partial charge in [0.15, 0.2) is 0 Å². The molecule has 0 aromatic rings. The summed E-state index contributed by atoms with van der Waals surface area (Å²) in [4.78, 5) is 22.1. The van der Waals surface area contributed by atoms with Crippen LogP contribution in [0, 0.1) is 0 Å². The zero-order valence-corrected chi connectivity index (χ0v) is 7.66. The van der Waals surface area contributed by atoms with Crippen LogP contribution < -0.4 is 0 Å². The first kappa shape index (κ1) is 10.1. The quantitative estimate of drug-likeness (QED) is 0.662. The first-order valence-electron chi connectivity index (χ1n) is 3.93. The molecule has 1 amide bonds. The van der Waals surface area contributed by atoms with Crippen LogP contribution in [-0.2, 0) is 4.74 Å². The van der Waals surface area contributed by atoms with E-state index in [4.69, 9.17) is 21.4 Å². The van der Waals surface area contributed by atoms with Crippen LogP contribution in [0.1, 0.15) is 12.8 Å². The summed E-state index contributed by atoms with van der Waals surface area (Å²) in [5.74, 6) is 0. The Morgan fingerprint density at radius 1 is 1.38 bits per heavy atom. The van der Waals surface area contributed by atoms with Crippen molar-refractivity contribution < 1.29 is 19.4 Å². The molecule has 5 nitrogen and oxygen atoms in total. The number of ether oxygens (including phenoxy) is 1. The van der Waals surface area contributed by atoms with E-state index in [2.05, 4.69) is 0 Å². The second kappa shape index (κ2) is 4.32. The van der Waals surface area contributed by atoms with Crippen molar-refractivity contribution in [2.45, 2.75) is 18.9 Å². The maximum absolute atomic E-state index is 10.5. The fourth-order valence-corrected chi connectivity index (χ4v) is 1.42. The molecule has 1 saturated heterocycles. The summed E-state index contributed by atoms with van der Waals surface area (Å²) in [5.41, 5.74) is -0.825. The summed E-state index contributed by atoms with van der Waals surface area (Å²) in [6.45, 7) is 0.786. The van der Waals surface area contributed by atoms with Crippen LogP contribution in [0.4, 0.5) is 9.59 Å². The average molecular weight is 208 g/mol. The molecule has 0 aliphatic carbocycles. The van der Waals surface area contributed by atoms with Crippen molar-refractivity contribution in [2.75, 3.05) is 13.1 Å². The van der Waals surface area contributed by atoms with Gasteiger partial charge in [-0.2, -0.15) is 0 Å². The Morgan fingerprint density at radius 3 is 2.31 bits per heavy atom. The third kappa shape index (κ3) is 3.10. The standard InChI is InChI=1S/C7H10ClNO4/c8-6(10)13-5-1-3-9(4-2-5)7(11)12/h5H,1-4H2,(H,11,12). The molecule has 0 aromatic carbocycles. The van der Waals surface area contributed by atoms with Crippen LogP contribution in [0.15, 0.2) is 0 Å². The van der Waals surface area contributed by atoms with E-state index in [1.54, 1.807) is 0 Å². The van der Waals surface area contributed by atoms with Gasteiger partial charge in [0.2, 0.25) is 0 Å². The van der Waals surface area contributed by atoms with Crippen molar-refractivity contribution in [3.05, 3.63) is 0 Å². The number of likely N-dealkylation sites (tertiary alicyclic amines) is 1. The van der Waals surface area contributed by atoms with Crippen molar-refractivity contribution in [3.8, 4) is 0 Å². The van der Waals surface area contributed by atoms with Crippen LogP contribution in [-0.4, -0.2) is 40.7 Å². The largest absolute Gasteiger partial charge is 0.465 e. The average Bonchev–Trinajstić information content (AvgIpc) is 2.04. The minimum Gasteiger partial charge on any atom is -0.465 e. The van der Waals surface area contributed by atoms with Gasteiger partial charge in [-0.25, -0.2) is 9.59 Å². The van der Waals surface area contributed by atoms with E-state index in [1.165, 1.54) is 4.90 Å². The van der Waals surface area contributed by atoms with Gasteiger partial charge in [0.1, 0.15) is 6.10 Å². The molecule has 6 heteroatoms. The van der Waals surface area contributed by atoms with Gasteiger partial charge in [0.25, 0.3) is 0 Å². The number of hydrogen-bond acceptors (Lipinski definition) is 3. The predicted octanol–water partition coefficient (Wildman–Crippen LogP) is 1.50. The van der Waals surface area contributed by atoms with E-state index in [9.17, 15) is 9.59 Å². The Morgan fingerprint density at radius 2 is 1.92 bits per heavy atom. The molecule has 1 N–H and O–H groups in total. The summed E-state index contributed by atoms with van der Waals surface area (Å²) in [7, 11) is 0. The summed E-state index contributed by atoms with van der Waals surface area (Å²) in [5, 5.41) is 8.60. The highest BCUT2D eigenvalue weighted by Crippen LogP contribution is 2.14. The van der Waals surface area contributed by atoms with Gasteiger partial charge in [0.05, 0.1) is 0 Å². The molecule has 0 spiro atoms. The van der Waals surface area contributed by atoms with Crippen LogP contribution in [0.25, 0.3) is 0 Å². The van der Waals surface area contributed by atoms with E-state index >= 15 is 0 Å². The molecular weight excluding hydrogens is 198 g/mol. The molecule has 0 aromatic heterocycles. The number of halogens is 1. The second-order valence-corrected chi connectivity index (χ2v) is 3.13. The highest BCUT2D eigenvalue weighted by Gasteiger charge is 2.24. The SMILES string of the molecule is O=C(Cl)OC1CCN(C(=O)O)CC1. The number of rotatable bonds is 1. The molecule has 0 saturated carbocycles. The van der Waals surface area contributed by atoms with Gasteiger partial charge < -0.3 is 14.7 Å². The van der Waals surface area contributed by atoms with Crippen molar-refractivity contribution in [1.29, 1.82) is 0 Å². The Labute approximate surface area is 80.2 Å². The Bertz CT molecular complexity index is 213. The maximum Gasteiger partial charge on any atom is 0.407 e. The molecule has 0 bridgehead atoms. The number of carbonyl (C=O) groups is 2. The van der Waals surface area contributed by atoms with Crippen LogP contribution in [0.5, 0.6) is 0 Å². The van der Waals surface area contributed by atoms with E-state index in [1.807, 2.05) is 0 Å². The van der Waals surface area contributed by atoms with Crippen molar-refractivity contribution >= 4 is 23.1 Å².